The zero-order chi connectivity index (χ0) is 14.6. The molecule has 0 bridgehead atoms. The maximum atomic E-state index is 12.2. The maximum Gasteiger partial charge on any atom is 0.258 e. The highest BCUT2D eigenvalue weighted by Crippen LogP contribution is 2.12. The zero-order valence-corrected chi connectivity index (χ0v) is 12.2. The fraction of sp³-hybridized carbons (Fsp3) is 0.333. The molecular weight excluding hydrogens is 278 g/mol. The smallest absolute Gasteiger partial charge is 0.258 e. The number of aryl methyl sites for hydroxylation is 1. The van der Waals surface area contributed by atoms with Gasteiger partial charge >= 0.3 is 0 Å². The van der Waals surface area contributed by atoms with Gasteiger partial charge in [0.1, 0.15) is 0 Å². The number of sulfonamides is 1. The van der Waals surface area contributed by atoms with Crippen molar-refractivity contribution in [3.63, 3.8) is 0 Å². The van der Waals surface area contributed by atoms with Crippen LogP contribution in [0.25, 0.3) is 0 Å². The lowest BCUT2D eigenvalue weighted by Gasteiger charge is -2.08. The van der Waals surface area contributed by atoms with Gasteiger partial charge in [-0.05, 0) is 31.2 Å². The van der Waals surface area contributed by atoms with Gasteiger partial charge in [-0.15, -0.1) is 0 Å². The van der Waals surface area contributed by atoms with E-state index in [4.69, 9.17) is 0 Å². The Hall–Kier alpha value is -1.77. The van der Waals surface area contributed by atoms with E-state index in [1.165, 1.54) is 6.20 Å². The average Bonchev–Trinajstić information content (AvgIpc) is 2.87. The van der Waals surface area contributed by atoms with E-state index < -0.39 is 10.0 Å². The molecule has 20 heavy (non-hydrogen) atoms. The lowest BCUT2D eigenvalue weighted by atomic mass is 10.2. The second-order valence-electron chi connectivity index (χ2n) is 4.38. The van der Waals surface area contributed by atoms with Crippen LogP contribution in [0.4, 0.5) is 0 Å². The van der Waals surface area contributed by atoms with Crippen molar-refractivity contribution < 1.29 is 8.42 Å². The molecule has 0 aliphatic rings. The summed E-state index contributed by atoms with van der Waals surface area (Å²) in [5.41, 5.74) is 2.43. The molecule has 0 atom stereocenters. The Morgan fingerprint density at radius 2 is 2.05 bits per heavy atom. The molecule has 2 heterocycles. The maximum absolute atomic E-state index is 12.2. The molecule has 108 valence electrons. The SMILES string of the molecule is CNCc1cn[nH]c1S(=O)(=O)NCc1cnccc1C. The Morgan fingerprint density at radius 1 is 1.25 bits per heavy atom. The van der Waals surface area contributed by atoms with Gasteiger partial charge in [0.15, 0.2) is 5.03 Å². The van der Waals surface area contributed by atoms with Crippen LogP contribution in [0.2, 0.25) is 0 Å². The van der Waals surface area contributed by atoms with E-state index in [0.29, 0.717) is 12.1 Å². The summed E-state index contributed by atoms with van der Waals surface area (Å²) in [5, 5.41) is 9.30. The van der Waals surface area contributed by atoms with E-state index in [9.17, 15) is 8.42 Å². The number of nitrogens with zero attached hydrogens (tertiary/aromatic N) is 2. The number of hydrogen-bond donors (Lipinski definition) is 3. The molecule has 0 saturated carbocycles. The molecule has 0 unspecified atom stereocenters. The third-order valence-corrected chi connectivity index (χ3v) is 4.33. The first-order valence-corrected chi connectivity index (χ1v) is 7.59. The average molecular weight is 295 g/mol. The molecule has 2 aromatic rings. The van der Waals surface area contributed by atoms with E-state index in [-0.39, 0.29) is 11.6 Å². The van der Waals surface area contributed by atoms with Crippen LogP contribution in [0, 0.1) is 6.92 Å². The second-order valence-corrected chi connectivity index (χ2v) is 6.09. The van der Waals surface area contributed by atoms with Crippen molar-refractivity contribution in [1.29, 1.82) is 0 Å². The predicted molar refractivity (Wildman–Crippen MR) is 74.4 cm³/mol. The number of rotatable bonds is 6. The summed E-state index contributed by atoms with van der Waals surface area (Å²) < 4.78 is 27.0. The molecule has 0 fully saturated rings. The van der Waals surface area contributed by atoms with Gasteiger partial charge in [0.25, 0.3) is 10.0 Å². The minimum atomic E-state index is -3.62. The van der Waals surface area contributed by atoms with E-state index >= 15 is 0 Å². The van der Waals surface area contributed by atoms with Crippen molar-refractivity contribution >= 4 is 10.0 Å². The van der Waals surface area contributed by atoms with Crippen molar-refractivity contribution in [2.24, 2.45) is 0 Å². The quantitative estimate of drug-likeness (QED) is 0.712. The number of nitrogens with one attached hydrogen (secondary N) is 3. The Bertz CT molecular complexity index is 681. The molecule has 0 saturated heterocycles. The van der Waals surface area contributed by atoms with Crippen LogP contribution in [0.15, 0.2) is 29.7 Å². The summed E-state index contributed by atoms with van der Waals surface area (Å²) in [6.45, 7) is 2.53. The van der Waals surface area contributed by atoms with Gasteiger partial charge in [-0.2, -0.15) is 5.10 Å². The predicted octanol–water partition coefficient (Wildman–Crippen LogP) is 0.311. The first-order chi connectivity index (χ1) is 9.54. The van der Waals surface area contributed by atoms with Crippen LogP contribution in [-0.4, -0.2) is 30.6 Å². The van der Waals surface area contributed by atoms with Crippen molar-refractivity contribution in [2.75, 3.05) is 7.05 Å². The number of H-pyrrole nitrogens is 1. The lowest BCUT2D eigenvalue weighted by Crippen LogP contribution is -2.25. The fourth-order valence-electron chi connectivity index (χ4n) is 1.77. The second kappa shape index (κ2) is 6.12. The van der Waals surface area contributed by atoms with Crippen LogP contribution in [0.3, 0.4) is 0 Å². The van der Waals surface area contributed by atoms with Crippen LogP contribution in [0.5, 0.6) is 0 Å². The van der Waals surface area contributed by atoms with E-state index in [2.05, 4.69) is 25.2 Å². The molecule has 7 nitrogen and oxygen atoms in total. The van der Waals surface area contributed by atoms with Gasteiger partial charge in [-0.3, -0.25) is 10.1 Å². The molecule has 0 amide bonds. The Morgan fingerprint density at radius 3 is 2.75 bits per heavy atom. The van der Waals surface area contributed by atoms with Crippen LogP contribution in [0.1, 0.15) is 16.7 Å². The molecule has 3 N–H and O–H groups in total. The van der Waals surface area contributed by atoms with E-state index in [0.717, 1.165) is 11.1 Å². The summed E-state index contributed by atoms with van der Waals surface area (Å²) >= 11 is 0. The Kier molecular flexibility index (Phi) is 4.48. The molecule has 0 aliphatic carbocycles. The van der Waals surface area contributed by atoms with Gasteiger partial charge in [-0.25, -0.2) is 13.1 Å². The Balaban J connectivity index is 2.15. The standard InChI is InChI=1S/C12H17N5O2S/c1-9-3-4-14-6-10(9)8-16-20(18,19)12-11(5-13-2)7-15-17-12/h3-4,6-7,13,16H,5,8H2,1-2H3,(H,15,17). The van der Waals surface area contributed by atoms with Gasteiger partial charge in [0, 0.05) is 31.0 Å². The summed E-state index contributed by atoms with van der Waals surface area (Å²) in [6.07, 6.45) is 4.83. The van der Waals surface area contributed by atoms with Crippen LogP contribution in [-0.2, 0) is 23.1 Å². The number of aromatic nitrogens is 3. The summed E-state index contributed by atoms with van der Waals surface area (Å²) in [7, 11) is -1.87. The molecule has 2 aromatic heterocycles. The third kappa shape index (κ3) is 3.21. The van der Waals surface area contributed by atoms with Crippen molar-refractivity contribution in [3.8, 4) is 0 Å². The molecule has 2 rings (SSSR count). The van der Waals surface area contributed by atoms with Crippen molar-refractivity contribution in [2.45, 2.75) is 25.0 Å². The monoisotopic (exact) mass is 295 g/mol. The fourth-order valence-corrected chi connectivity index (χ4v) is 2.91. The van der Waals surface area contributed by atoms with Crippen LogP contribution < -0.4 is 10.0 Å². The highest BCUT2D eigenvalue weighted by Gasteiger charge is 2.20. The number of aromatic amines is 1. The highest BCUT2D eigenvalue weighted by molar-refractivity contribution is 7.89. The van der Waals surface area contributed by atoms with Gasteiger partial charge < -0.3 is 5.32 Å². The largest absolute Gasteiger partial charge is 0.316 e. The molecule has 0 aliphatic heterocycles. The first kappa shape index (κ1) is 14.6. The lowest BCUT2D eigenvalue weighted by molar-refractivity contribution is 0.574. The van der Waals surface area contributed by atoms with E-state index in [1.807, 2.05) is 13.0 Å². The summed E-state index contributed by atoms with van der Waals surface area (Å²) in [6, 6.07) is 1.84. The van der Waals surface area contributed by atoms with Crippen molar-refractivity contribution in [1.82, 2.24) is 25.2 Å². The number of hydrogen-bond acceptors (Lipinski definition) is 5. The first-order valence-electron chi connectivity index (χ1n) is 6.10. The third-order valence-electron chi connectivity index (χ3n) is 2.91. The van der Waals surface area contributed by atoms with Gasteiger partial charge in [0.05, 0.1) is 6.20 Å². The van der Waals surface area contributed by atoms with Crippen LogP contribution >= 0.6 is 0 Å². The van der Waals surface area contributed by atoms with Gasteiger partial charge in [0.2, 0.25) is 0 Å². The van der Waals surface area contributed by atoms with Gasteiger partial charge in [-0.1, -0.05) is 0 Å². The topological polar surface area (TPSA) is 99.8 Å². The highest BCUT2D eigenvalue weighted by atomic mass is 32.2. The normalized spacial score (nSPS) is 11.7. The molecule has 8 heteroatoms. The summed E-state index contributed by atoms with van der Waals surface area (Å²) in [5.74, 6) is 0. The van der Waals surface area contributed by atoms with E-state index in [1.54, 1.807) is 19.4 Å². The number of pyridine rings is 1. The zero-order valence-electron chi connectivity index (χ0n) is 11.3. The molecule has 0 radical (unpaired) electrons. The minimum absolute atomic E-state index is 0.0911. The molecule has 0 aromatic carbocycles. The summed E-state index contributed by atoms with van der Waals surface area (Å²) in [4.78, 5) is 3.99. The Labute approximate surface area is 117 Å². The molecule has 0 spiro atoms. The molecular formula is C12H17N5O2S. The van der Waals surface area contributed by atoms with Crippen molar-refractivity contribution in [3.05, 3.63) is 41.3 Å². The minimum Gasteiger partial charge on any atom is -0.316 e.